The molecule has 0 fully saturated rings. The molecule has 0 aromatic rings. The molecule has 4 heteroatoms. The third-order valence-electron chi connectivity index (χ3n) is 2.33. The molecule has 2 atom stereocenters. The average molecular weight is 185 g/mol. The van der Waals surface area contributed by atoms with Gasteiger partial charge < -0.3 is 4.74 Å². The highest BCUT2D eigenvalue weighted by Gasteiger charge is 2.29. The van der Waals surface area contributed by atoms with Crippen molar-refractivity contribution in [2.45, 2.75) is 12.3 Å². The van der Waals surface area contributed by atoms with Crippen LogP contribution < -0.4 is 5.43 Å². The number of nitrogens with zero attached hydrogens (tertiary/aromatic N) is 2. The summed E-state index contributed by atoms with van der Waals surface area (Å²) in [6.07, 6.45) is 4.62. The Morgan fingerprint density at radius 1 is 1.54 bits per heavy atom. The number of methoxy groups -OCH3 is 1. The van der Waals surface area contributed by atoms with Crippen LogP contribution in [0.2, 0.25) is 0 Å². The first-order chi connectivity index (χ1) is 6.20. The first-order valence-corrected chi connectivity index (χ1v) is 4.50. The Morgan fingerprint density at radius 3 is 2.69 bits per heavy atom. The van der Waals surface area contributed by atoms with E-state index in [2.05, 4.69) is 41.6 Å². The summed E-state index contributed by atoms with van der Waals surface area (Å²) in [4.78, 5) is 2.15. The molecule has 1 rings (SSSR count). The standard InChI is InChI=1S/C9H19N3O/c1-10-12-7-5-6-8(13-4)9(12)11(2)3/h5-6,8-10H,7H2,1-4H3. The second-order valence-electron chi connectivity index (χ2n) is 3.38. The van der Waals surface area contributed by atoms with Gasteiger partial charge in [-0.3, -0.25) is 10.3 Å². The molecule has 0 saturated carbocycles. The van der Waals surface area contributed by atoms with Gasteiger partial charge in [0.05, 0.1) is 0 Å². The van der Waals surface area contributed by atoms with E-state index in [4.69, 9.17) is 4.74 Å². The van der Waals surface area contributed by atoms with Crippen LogP contribution in [0.15, 0.2) is 12.2 Å². The molecular weight excluding hydrogens is 166 g/mol. The van der Waals surface area contributed by atoms with Crippen molar-refractivity contribution in [2.75, 3.05) is 34.8 Å². The molecule has 0 saturated heterocycles. The number of hydrogen-bond acceptors (Lipinski definition) is 4. The van der Waals surface area contributed by atoms with Crippen molar-refractivity contribution in [2.24, 2.45) is 0 Å². The lowest BCUT2D eigenvalue weighted by molar-refractivity contribution is -0.0470. The highest BCUT2D eigenvalue weighted by atomic mass is 16.5. The van der Waals surface area contributed by atoms with Gasteiger partial charge in [-0.2, -0.15) is 0 Å². The quantitative estimate of drug-likeness (QED) is 0.621. The summed E-state index contributed by atoms with van der Waals surface area (Å²) in [6.45, 7) is 0.916. The summed E-state index contributed by atoms with van der Waals surface area (Å²) in [6, 6.07) is 0. The summed E-state index contributed by atoms with van der Waals surface area (Å²) >= 11 is 0. The number of likely N-dealkylation sites (N-methyl/N-ethyl adjacent to an activating group) is 1. The van der Waals surface area contributed by atoms with Gasteiger partial charge in [-0.15, -0.1) is 0 Å². The first kappa shape index (κ1) is 10.7. The monoisotopic (exact) mass is 185 g/mol. The number of rotatable bonds is 3. The molecule has 0 radical (unpaired) electrons. The van der Waals surface area contributed by atoms with E-state index < -0.39 is 0 Å². The fraction of sp³-hybridized carbons (Fsp3) is 0.778. The van der Waals surface area contributed by atoms with Crippen LogP contribution in [-0.2, 0) is 4.74 Å². The molecule has 0 bridgehead atoms. The molecule has 1 heterocycles. The lowest BCUT2D eigenvalue weighted by Gasteiger charge is -2.40. The maximum Gasteiger partial charge on any atom is 0.106 e. The van der Waals surface area contributed by atoms with Crippen molar-refractivity contribution in [3.63, 3.8) is 0 Å². The van der Waals surface area contributed by atoms with Crippen molar-refractivity contribution in [3.8, 4) is 0 Å². The SMILES string of the molecule is CNN1CC=CC(OC)C1N(C)C. The molecule has 4 nitrogen and oxygen atoms in total. The Hall–Kier alpha value is -0.420. The minimum Gasteiger partial charge on any atom is -0.374 e. The second-order valence-corrected chi connectivity index (χ2v) is 3.38. The molecule has 1 aliphatic heterocycles. The number of ether oxygens (including phenoxy) is 1. The largest absolute Gasteiger partial charge is 0.374 e. The Kier molecular flexibility index (Phi) is 3.87. The zero-order valence-electron chi connectivity index (χ0n) is 8.82. The fourth-order valence-corrected chi connectivity index (χ4v) is 1.69. The van der Waals surface area contributed by atoms with E-state index in [0.717, 1.165) is 6.54 Å². The Balaban J connectivity index is 2.73. The molecule has 0 aromatic heterocycles. The van der Waals surface area contributed by atoms with E-state index in [-0.39, 0.29) is 12.3 Å². The lowest BCUT2D eigenvalue weighted by Crippen LogP contribution is -2.58. The zero-order chi connectivity index (χ0) is 9.84. The molecule has 1 N–H and O–H groups in total. The minimum absolute atomic E-state index is 0.135. The normalized spacial score (nSPS) is 29.9. The smallest absolute Gasteiger partial charge is 0.106 e. The van der Waals surface area contributed by atoms with E-state index in [1.165, 1.54) is 0 Å². The van der Waals surface area contributed by atoms with Crippen molar-refractivity contribution in [1.29, 1.82) is 0 Å². The number of nitrogens with one attached hydrogen (secondary N) is 1. The third-order valence-corrected chi connectivity index (χ3v) is 2.33. The lowest BCUT2D eigenvalue weighted by atomic mass is 10.1. The summed E-state index contributed by atoms with van der Waals surface area (Å²) < 4.78 is 5.39. The van der Waals surface area contributed by atoms with Crippen molar-refractivity contribution in [3.05, 3.63) is 12.2 Å². The maximum absolute atomic E-state index is 5.39. The van der Waals surface area contributed by atoms with Crippen molar-refractivity contribution < 1.29 is 4.74 Å². The van der Waals surface area contributed by atoms with E-state index in [1.807, 2.05) is 7.05 Å². The Bertz CT molecular complexity index is 182. The molecule has 76 valence electrons. The second kappa shape index (κ2) is 4.72. The molecular formula is C9H19N3O. The van der Waals surface area contributed by atoms with Gasteiger partial charge in [-0.05, 0) is 21.1 Å². The summed E-state index contributed by atoms with van der Waals surface area (Å²) in [5, 5.41) is 2.15. The van der Waals surface area contributed by atoms with E-state index in [0.29, 0.717) is 0 Å². The van der Waals surface area contributed by atoms with Gasteiger partial charge >= 0.3 is 0 Å². The van der Waals surface area contributed by atoms with Crippen LogP contribution in [0, 0.1) is 0 Å². The van der Waals surface area contributed by atoms with E-state index in [9.17, 15) is 0 Å². The maximum atomic E-state index is 5.39. The first-order valence-electron chi connectivity index (χ1n) is 4.50. The van der Waals surface area contributed by atoms with Gasteiger partial charge in [0.1, 0.15) is 12.3 Å². The number of hydrazine groups is 1. The Labute approximate surface area is 80.1 Å². The molecule has 0 aromatic carbocycles. The highest BCUT2D eigenvalue weighted by molar-refractivity contribution is 5.01. The molecule has 0 aliphatic carbocycles. The van der Waals surface area contributed by atoms with Crippen molar-refractivity contribution in [1.82, 2.24) is 15.3 Å². The predicted molar refractivity (Wildman–Crippen MR) is 53.2 cm³/mol. The van der Waals surface area contributed by atoms with Crippen LogP contribution in [0.5, 0.6) is 0 Å². The van der Waals surface area contributed by atoms with Crippen LogP contribution in [0.4, 0.5) is 0 Å². The topological polar surface area (TPSA) is 27.7 Å². The van der Waals surface area contributed by atoms with E-state index in [1.54, 1.807) is 7.11 Å². The van der Waals surface area contributed by atoms with Gasteiger partial charge in [-0.25, -0.2) is 5.01 Å². The average Bonchev–Trinajstić information content (AvgIpc) is 2.16. The molecule has 1 aliphatic rings. The van der Waals surface area contributed by atoms with Gasteiger partial charge in [0.25, 0.3) is 0 Å². The summed E-state index contributed by atoms with van der Waals surface area (Å²) in [5.74, 6) is 0. The summed E-state index contributed by atoms with van der Waals surface area (Å²) in [5.41, 5.74) is 3.16. The number of hydrogen-bond donors (Lipinski definition) is 1. The van der Waals surface area contributed by atoms with Crippen LogP contribution in [-0.4, -0.2) is 57.0 Å². The van der Waals surface area contributed by atoms with Gasteiger partial charge in [0.2, 0.25) is 0 Å². The molecule has 2 unspecified atom stereocenters. The van der Waals surface area contributed by atoms with Crippen LogP contribution in [0.25, 0.3) is 0 Å². The molecule has 13 heavy (non-hydrogen) atoms. The van der Waals surface area contributed by atoms with Crippen molar-refractivity contribution >= 4 is 0 Å². The van der Waals surface area contributed by atoms with E-state index >= 15 is 0 Å². The third kappa shape index (κ3) is 2.28. The van der Waals surface area contributed by atoms with Crippen LogP contribution >= 0.6 is 0 Å². The Morgan fingerprint density at radius 2 is 2.23 bits per heavy atom. The highest BCUT2D eigenvalue weighted by Crippen LogP contribution is 2.13. The molecule has 0 amide bonds. The zero-order valence-corrected chi connectivity index (χ0v) is 8.82. The van der Waals surface area contributed by atoms with Gasteiger partial charge in [0.15, 0.2) is 0 Å². The minimum atomic E-state index is 0.135. The fourth-order valence-electron chi connectivity index (χ4n) is 1.69. The van der Waals surface area contributed by atoms with Gasteiger partial charge in [-0.1, -0.05) is 12.2 Å². The van der Waals surface area contributed by atoms with Crippen LogP contribution in [0.3, 0.4) is 0 Å². The van der Waals surface area contributed by atoms with Gasteiger partial charge in [0, 0.05) is 13.7 Å². The molecule has 0 spiro atoms. The summed E-state index contributed by atoms with van der Waals surface area (Å²) in [7, 11) is 7.79. The predicted octanol–water partition coefficient (Wildman–Crippen LogP) is -0.105. The van der Waals surface area contributed by atoms with Crippen LogP contribution in [0.1, 0.15) is 0 Å².